The van der Waals surface area contributed by atoms with Crippen molar-refractivity contribution < 1.29 is 9.13 Å². The van der Waals surface area contributed by atoms with Crippen molar-refractivity contribution in [3.63, 3.8) is 0 Å². The lowest BCUT2D eigenvalue weighted by Gasteiger charge is -2.14. The van der Waals surface area contributed by atoms with Gasteiger partial charge in [0.2, 0.25) is 0 Å². The topological polar surface area (TPSA) is 39.1 Å². The van der Waals surface area contributed by atoms with E-state index in [0.29, 0.717) is 6.61 Å². The molecule has 1 aromatic carbocycles. The second-order valence-electron chi connectivity index (χ2n) is 4.39. The maximum absolute atomic E-state index is 13.7. The van der Waals surface area contributed by atoms with Crippen LogP contribution in [0.1, 0.15) is 25.5 Å². The third-order valence-electron chi connectivity index (χ3n) is 2.84. The number of aromatic nitrogens is 2. The molecule has 1 atom stereocenters. The quantitative estimate of drug-likeness (QED) is 0.900. The van der Waals surface area contributed by atoms with E-state index in [-0.39, 0.29) is 17.6 Å². The number of anilines is 1. The van der Waals surface area contributed by atoms with E-state index < -0.39 is 0 Å². The molecule has 0 saturated carbocycles. The zero-order valence-electron chi connectivity index (χ0n) is 11.4. The first kappa shape index (κ1) is 13.4. The molecule has 2 rings (SSSR count). The average molecular weight is 263 g/mol. The van der Waals surface area contributed by atoms with E-state index in [4.69, 9.17) is 4.74 Å². The molecule has 4 nitrogen and oxygen atoms in total. The maximum Gasteiger partial charge on any atom is 0.167 e. The van der Waals surface area contributed by atoms with Crippen molar-refractivity contribution in [2.24, 2.45) is 7.05 Å². The van der Waals surface area contributed by atoms with Crippen LogP contribution in [0.3, 0.4) is 0 Å². The number of hydrogen-bond acceptors (Lipinski definition) is 3. The maximum atomic E-state index is 13.7. The molecule has 102 valence electrons. The van der Waals surface area contributed by atoms with Gasteiger partial charge in [0.15, 0.2) is 11.6 Å². The van der Waals surface area contributed by atoms with Crippen molar-refractivity contribution in [2.45, 2.75) is 19.9 Å². The molecule has 0 aliphatic heterocycles. The van der Waals surface area contributed by atoms with Crippen molar-refractivity contribution in [2.75, 3.05) is 11.9 Å². The third-order valence-corrected chi connectivity index (χ3v) is 2.84. The molecule has 0 saturated heterocycles. The number of nitrogens with one attached hydrogen (secondary N) is 1. The van der Waals surface area contributed by atoms with Gasteiger partial charge < -0.3 is 10.1 Å². The Bertz CT molecular complexity index is 553. The Labute approximate surface area is 112 Å². The summed E-state index contributed by atoms with van der Waals surface area (Å²) in [6, 6.07) is 4.95. The van der Waals surface area contributed by atoms with Gasteiger partial charge in [0.1, 0.15) is 0 Å². The van der Waals surface area contributed by atoms with Gasteiger partial charge >= 0.3 is 0 Å². The van der Waals surface area contributed by atoms with Gasteiger partial charge in [0.25, 0.3) is 0 Å². The molecular formula is C14H18FN3O. The highest BCUT2D eigenvalue weighted by atomic mass is 19.1. The molecule has 1 aromatic heterocycles. The minimum atomic E-state index is -0.356. The Morgan fingerprint density at radius 2 is 2.26 bits per heavy atom. The van der Waals surface area contributed by atoms with Crippen molar-refractivity contribution in [3.8, 4) is 5.75 Å². The first-order valence-electron chi connectivity index (χ1n) is 6.27. The van der Waals surface area contributed by atoms with E-state index in [2.05, 4.69) is 10.4 Å². The van der Waals surface area contributed by atoms with Crippen LogP contribution in [-0.2, 0) is 7.05 Å². The summed E-state index contributed by atoms with van der Waals surface area (Å²) < 4.78 is 20.6. The summed E-state index contributed by atoms with van der Waals surface area (Å²) in [6.07, 6.45) is 3.73. The Kier molecular flexibility index (Phi) is 4.04. The first-order chi connectivity index (χ1) is 9.10. The summed E-state index contributed by atoms with van der Waals surface area (Å²) in [5.74, 6) is -0.0766. The fourth-order valence-electron chi connectivity index (χ4n) is 1.86. The predicted octanol–water partition coefficient (Wildman–Crippen LogP) is 3.13. The summed E-state index contributed by atoms with van der Waals surface area (Å²) in [4.78, 5) is 0. The minimum Gasteiger partial charge on any atom is -0.491 e. The van der Waals surface area contributed by atoms with Crippen LogP contribution in [0.15, 0.2) is 30.6 Å². The van der Waals surface area contributed by atoms with Gasteiger partial charge in [-0.1, -0.05) is 0 Å². The normalized spacial score (nSPS) is 12.2. The SMILES string of the molecule is CCOc1ccc(NC(C)c2cnn(C)c2)cc1F. The highest BCUT2D eigenvalue weighted by Crippen LogP contribution is 2.24. The summed E-state index contributed by atoms with van der Waals surface area (Å²) in [5, 5.41) is 7.35. The van der Waals surface area contributed by atoms with Crippen molar-refractivity contribution in [3.05, 3.63) is 42.0 Å². The van der Waals surface area contributed by atoms with Gasteiger partial charge in [0.05, 0.1) is 18.8 Å². The molecule has 0 fully saturated rings. The number of halogens is 1. The number of rotatable bonds is 5. The van der Waals surface area contributed by atoms with Crippen molar-refractivity contribution in [1.82, 2.24) is 9.78 Å². The van der Waals surface area contributed by atoms with Crippen molar-refractivity contribution in [1.29, 1.82) is 0 Å². The lowest BCUT2D eigenvalue weighted by molar-refractivity contribution is 0.321. The second-order valence-corrected chi connectivity index (χ2v) is 4.39. The molecule has 1 unspecified atom stereocenters. The van der Waals surface area contributed by atoms with Gasteiger partial charge in [0, 0.05) is 30.6 Å². The van der Waals surface area contributed by atoms with E-state index >= 15 is 0 Å². The van der Waals surface area contributed by atoms with E-state index in [1.807, 2.05) is 27.1 Å². The van der Waals surface area contributed by atoms with Crippen LogP contribution < -0.4 is 10.1 Å². The number of nitrogens with zero attached hydrogens (tertiary/aromatic N) is 2. The zero-order valence-corrected chi connectivity index (χ0v) is 11.4. The molecule has 0 amide bonds. The van der Waals surface area contributed by atoms with Crippen LogP contribution in [0.2, 0.25) is 0 Å². The Morgan fingerprint density at radius 3 is 2.84 bits per heavy atom. The van der Waals surface area contributed by atoms with Gasteiger partial charge in [-0.3, -0.25) is 4.68 Å². The van der Waals surface area contributed by atoms with Crippen LogP contribution in [0.4, 0.5) is 10.1 Å². The van der Waals surface area contributed by atoms with Gasteiger partial charge in [-0.25, -0.2) is 4.39 Å². The highest BCUT2D eigenvalue weighted by molar-refractivity contribution is 5.48. The number of hydrogen-bond donors (Lipinski definition) is 1. The molecule has 0 radical (unpaired) electrons. The monoisotopic (exact) mass is 263 g/mol. The van der Waals surface area contributed by atoms with Crippen LogP contribution >= 0.6 is 0 Å². The van der Waals surface area contributed by atoms with Crippen LogP contribution in [0.5, 0.6) is 5.75 Å². The van der Waals surface area contributed by atoms with Crippen LogP contribution in [0.25, 0.3) is 0 Å². The van der Waals surface area contributed by atoms with Gasteiger partial charge in [-0.2, -0.15) is 5.10 Å². The molecule has 1 heterocycles. The van der Waals surface area contributed by atoms with Gasteiger partial charge in [-0.05, 0) is 26.0 Å². The van der Waals surface area contributed by atoms with E-state index in [1.54, 1.807) is 23.0 Å². The van der Waals surface area contributed by atoms with Crippen molar-refractivity contribution >= 4 is 5.69 Å². The summed E-state index contributed by atoms with van der Waals surface area (Å²) in [7, 11) is 1.87. The van der Waals surface area contributed by atoms with Crippen LogP contribution in [0, 0.1) is 5.82 Å². The molecule has 2 aromatic rings. The standard InChI is InChI=1S/C14H18FN3O/c1-4-19-14-6-5-12(7-13(14)15)17-10(2)11-8-16-18(3)9-11/h5-10,17H,4H2,1-3H3. The predicted molar refractivity (Wildman–Crippen MR) is 72.8 cm³/mol. The Balaban J connectivity index is 2.09. The average Bonchev–Trinajstić information content (AvgIpc) is 2.80. The Hall–Kier alpha value is -2.04. The van der Waals surface area contributed by atoms with Crippen LogP contribution in [-0.4, -0.2) is 16.4 Å². The van der Waals surface area contributed by atoms with Gasteiger partial charge in [-0.15, -0.1) is 0 Å². The summed E-state index contributed by atoms with van der Waals surface area (Å²) >= 11 is 0. The minimum absolute atomic E-state index is 0.0612. The van der Waals surface area contributed by atoms with E-state index in [9.17, 15) is 4.39 Å². The summed E-state index contributed by atoms with van der Waals surface area (Å²) in [6.45, 7) is 4.29. The molecule has 0 bridgehead atoms. The summed E-state index contributed by atoms with van der Waals surface area (Å²) in [5.41, 5.74) is 1.77. The largest absolute Gasteiger partial charge is 0.491 e. The molecule has 0 aliphatic carbocycles. The lowest BCUT2D eigenvalue weighted by Crippen LogP contribution is -2.06. The molecule has 19 heavy (non-hydrogen) atoms. The highest BCUT2D eigenvalue weighted by Gasteiger charge is 2.09. The smallest absolute Gasteiger partial charge is 0.167 e. The number of benzene rings is 1. The van der Waals surface area contributed by atoms with E-state index in [0.717, 1.165) is 11.3 Å². The number of ether oxygens (including phenoxy) is 1. The molecule has 5 heteroatoms. The first-order valence-corrected chi connectivity index (χ1v) is 6.27. The molecular weight excluding hydrogens is 245 g/mol. The zero-order chi connectivity index (χ0) is 13.8. The lowest BCUT2D eigenvalue weighted by atomic mass is 10.2. The third kappa shape index (κ3) is 3.24. The molecule has 0 aliphatic rings. The van der Waals surface area contributed by atoms with E-state index in [1.165, 1.54) is 6.07 Å². The molecule has 0 spiro atoms. The number of aryl methyl sites for hydroxylation is 1. The molecule has 1 N–H and O–H groups in total. The second kappa shape index (κ2) is 5.73. The fraction of sp³-hybridized carbons (Fsp3) is 0.357. The Morgan fingerprint density at radius 1 is 1.47 bits per heavy atom. The fourth-order valence-corrected chi connectivity index (χ4v) is 1.86.